The smallest absolute Gasteiger partial charge is 0.315 e. The Kier molecular flexibility index (Phi) is 7.53. The van der Waals surface area contributed by atoms with Crippen LogP contribution in [0.2, 0.25) is 0 Å². The largest absolute Gasteiger partial charge is 0.493 e. The van der Waals surface area contributed by atoms with Gasteiger partial charge in [-0.25, -0.2) is 9.78 Å². The maximum Gasteiger partial charge on any atom is 0.315 e. The Hall–Kier alpha value is -3.49. The van der Waals surface area contributed by atoms with E-state index in [1.54, 1.807) is 18.2 Å². The second kappa shape index (κ2) is 10.5. The number of carbonyl (C=O) groups is 2. The SMILES string of the molecule is COc1cc(CNC(=O)NC2CCN(c3cccc(C)n3)CC2)ccc1OCC(N)=O. The van der Waals surface area contributed by atoms with E-state index < -0.39 is 5.91 Å². The minimum atomic E-state index is -0.564. The third-order valence-electron chi connectivity index (χ3n) is 5.08. The summed E-state index contributed by atoms with van der Waals surface area (Å²) in [5, 5.41) is 5.91. The summed E-state index contributed by atoms with van der Waals surface area (Å²) >= 11 is 0. The third-order valence-corrected chi connectivity index (χ3v) is 5.08. The maximum atomic E-state index is 12.3. The molecular weight excluding hydrogens is 398 g/mol. The van der Waals surface area contributed by atoms with Crippen molar-refractivity contribution in [2.24, 2.45) is 5.73 Å². The lowest BCUT2D eigenvalue weighted by Crippen LogP contribution is -2.48. The number of amides is 3. The van der Waals surface area contributed by atoms with Crippen LogP contribution in [-0.2, 0) is 11.3 Å². The second-order valence-electron chi connectivity index (χ2n) is 7.47. The first-order valence-electron chi connectivity index (χ1n) is 10.3. The zero-order valence-electron chi connectivity index (χ0n) is 17.9. The number of aryl methyl sites for hydroxylation is 1. The van der Waals surface area contributed by atoms with Crippen LogP contribution in [0.25, 0.3) is 0 Å². The van der Waals surface area contributed by atoms with Crippen LogP contribution in [-0.4, -0.2) is 49.8 Å². The van der Waals surface area contributed by atoms with Crippen molar-refractivity contribution in [2.45, 2.75) is 32.4 Å². The van der Waals surface area contributed by atoms with Crippen molar-refractivity contribution < 1.29 is 19.1 Å². The number of piperidine rings is 1. The fourth-order valence-corrected chi connectivity index (χ4v) is 3.47. The number of carbonyl (C=O) groups excluding carboxylic acids is 2. The second-order valence-corrected chi connectivity index (χ2v) is 7.47. The molecule has 0 bridgehead atoms. The molecule has 1 aliphatic heterocycles. The Morgan fingerprint density at radius 3 is 2.65 bits per heavy atom. The van der Waals surface area contributed by atoms with E-state index in [4.69, 9.17) is 15.2 Å². The molecule has 1 aromatic carbocycles. The summed E-state index contributed by atoms with van der Waals surface area (Å²) < 4.78 is 10.6. The predicted molar refractivity (Wildman–Crippen MR) is 117 cm³/mol. The van der Waals surface area contributed by atoms with Crippen LogP contribution < -0.4 is 30.7 Å². The van der Waals surface area contributed by atoms with Crippen LogP contribution in [0.3, 0.4) is 0 Å². The molecule has 2 heterocycles. The molecule has 0 atom stereocenters. The van der Waals surface area contributed by atoms with Gasteiger partial charge in [-0.1, -0.05) is 12.1 Å². The van der Waals surface area contributed by atoms with Crippen molar-refractivity contribution >= 4 is 17.8 Å². The van der Waals surface area contributed by atoms with Gasteiger partial charge in [0.25, 0.3) is 5.91 Å². The molecule has 0 aliphatic carbocycles. The van der Waals surface area contributed by atoms with E-state index in [0.29, 0.717) is 18.0 Å². The summed E-state index contributed by atoms with van der Waals surface area (Å²) in [6.07, 6.45) is 1.73. The first-order chi connectivity index (χ1) is 14.9. The molecule has 0 radical (unpaired) electrons. The molecule has 4 N–H and O–H groups in total. The van der Waals surface area contributed by atoms with Gasteiger partial charge >= 0.3 is 6.03 Å². The van der Waals surface area contributed by atoms with Crippen LogP contribution in [0, 0.1) is 6.92 Å². The maximum absolute atomic E-state index is 12.3. The van der Waals surface area contributed by atoms with E-state index in [0.717, 1.165) is 43.0 Å². The topological polar surface area (TPSA) is 119 Å². The van der Waals surface area contributed by atoms with Gasteiger partial charge in [0.15, 0.2) is 18.1 Å². The van der Waals surface area contributed by atoms with Crippen molar-refractivity contribution in [3.8, 4) is 11.5 Å². The summed E-state index contributed by atoms with van der Waals surface area (Å²) in [6.45, 7) is 3.80. The van der Waals surface area contributed by atoms with Gasteiger partial charge in [-0.2, -0.15) is 0 Å². The highest BCUT2D eigenvalue weighted by Crippen LogP contribution is 2.28. The Labute approximate surface area is 181 Å². The van der Waals surface area contributed by atoms with E-state index in [-0.39, 0.29) is 18.7 Å². The summed E-state index contributed by atoms with van der Waals surface area (Å²) in [7, 11) is 1.51. The fraction of sp³-hybridized carbons (Fsp3) is 0.409. The minimum absolute atomic E-state index is 0.125. The Morgan fingerprint density at radius 1 is 1.19 bits per heavy atom. The average molecular weight is 428 g/mol. The van der Waals surface area contributed by atoms with Crippen molar-refractivity contribution in [1.29, 1.82) is 0 Å². The lowest BCUT2D eigenvalue weighted by atomic mass is 10.1. The third kappa shape index (κ3) is 6.50. The van der Waals surface area contributed by atoms with Gasteiger partial charge in [0.2, 0.25) is 0 Å². The fourth-order valence-electron chi connectivity index (χ4n) is 3.47. The van der Waals surface area contributed by atoms with Crippen LogP contribution in [0.15, 0.2) is 36.4 Å². The molecule has 166 valence electrons. The van der Waals surface area contributed by atoms with E-state index in [2.05, 4.69) is 20.5 Å². The number of nitrogens with zero attached hydrogens (tertiary/aromatic N) is 2. The number of ether oxygens (including phenoxy) is 2. The number of nitrogens with two attached hydrogens (primary N) is 1. The molecule has 9 nitrogen and oxygen atoms in total. The van der Waals surface area contributed by atoms with Crippen molar-refractivity contribution in [3.05, 3.63) is 47.7 Å². The van der Waals surface area contributed by atoms with Crippen LogP contribution >= 0.6 is 0 Å². The first kappa shape index (κ1) is 22.2. The van der Waals surface area contributed by atoms with Crippen LogP contribution in [0.1, 0.15) is 24.1 Å². The molecule has 1 saturated heterocycles. The summed E-state index contributed by atoms with van der Waals surface area (Å²) in [4.78, 5) is 30.0. The average Bonchev–Trinajstić information content (AvgIpc) is 2.77. The monoisotopic (exact) mass is 427 g/mol. The molecule has 1 aliphatic rings. The summed E-state index contributed by atoms with van der Waals surface area (Å²) in [5.74, 6) is 1.31. The highest BCUT2D eigenvalue weighted by atomic mass is 16.5. The predicted octanol–water partition coefficient (Wildman–Crippen LogP) is 1.73. The number of methoxy groups -OCH3 is 1. The highest BCUT2D eigenvalue weighted by Gasteiger charge is 2.21. The van der Waals surface area contributed by atoms with Gasteiger partial charge in [-0.05, 0) is 49.6 Å². The number of hydrogen-bond donors (Lipinski definition) is 3. The lowest BCUT2D eigenvalue weighted by Gasteiger charge is -2.33. The molecule has 0 spiro atoms. The molecule has 3 amide bonds. The van der Waals surface area contributed by atoms with Gasteiger partial charge in [0, 0.05) is 31.4 Å². The molecule has 3 rings (SSSR count). The molecule has 1 fully saturated rings. The molecule has 9 heteroatoms. The first-order valence-corrected chi connectivity index (χ1v) is 10.3. The van der Waals surface area contributed by atoms with Gasteiger partial charge in [0.05, 0.1) is 7.11 Å². The Bertz CT molecular complexity index is 913. The highest BCUT2D eigenvalue weighted by molar-refractivity contribution is 5.75. The zero-order valence-corrected chi connectivity index (χ0v) is 17.9. The van der Waals surface area contributed by atoms with Crippen molar-refractivity contribution in [1.82, 2.24) is 15.6 Å². The van der Waals surface area contributed by atoms with Gasteiger partial charge in [-0.15, -0.1) is 0 Å². The number of rotatable bonds is 8. The number of hydrogen-bond acceptors (Lipinski definition) is 6. The number of anilines is 1. The molecule has 31 heavy (non-hydrogen) atoms. The standard InChI is InChI=1S/C22H29N5O4/c1-15-4-3-5-21(25-15)27-10-8-17(9-11-27)26-22(29)24-13-16-6-7-18(19(12-16)30-2)31-14-20(23)28/h3-7,12,17H,8-11,13-14H2,1-2H3,(H2,23,28)(H2,24,26,29). The number of urea groups is 1. The van der Waals surface area contributed by atoms with E-state index in [9.17, 15) is 9.59 Å². The quantitative estimate of drug-likeness (QED) is 0.590. The number of nitrogens with one attached hydrogen (secondary N) is 2. The number of aromatic nitrogens is 1. The number of pyridine rings is 1. The molecule has 1 aromatic heterocycles. The lowest BCUT2D eigenvalue weighted by molar-refractivity contribution is -0.119. The normalized spacial score (nSPS) is 14.1. The van der Waals surface area contributed by atoms with Gasteiger partial charge < -0.3 is 30.7 Å². The van der Waals surface area contributed by atoms with Gasteiger partial charge in [0.1, 0.15) is 5.82 Å². The van der Waals surface area contributed by atoms with Crippen molar-refractivity contribution in [2.75, 3.05) is 31.7 Å². The van der Waals surface area contributed by atoms with Crippen molar-refractivity contribution in [3.63, 3.8) is 0 Å². The minimum Gasteiger partial charge on any atom is -0.493 e. The molecular formula is C22H29N5O4. The molecule has 2 aromatic rings. The van der Waals surface area contributed by atoms with E-state index in [1.165, 1.54) is 7.11 Å². The Balaban J connectivity index is 1.44. The van der Waals surface area contributed by atoms with E-state index >= 15 is 0 Å². The zero-order chi connectivity index (χ0) is 22.2. The van der Waals surface area contributed by atoms with E-state index in [1.807, 2.05) is 25.1 Å². The molecule has 0 unspecified atom stereocenters. The Morgan fingerprint density at radius 2 is 1.97 bits per heavy atom. The van der Waals surface area contributed by atoms with Crippen LogP contribution in [0.4, 0.5) is 10.6 Å². The molecule has 0 saturated carbocycles. The summed E-state index contributed by atoms with van der Waals surface area (Å²) in [5.41, 5.74) is 6.94. The summed E-state index contributed by atoms with van der Waals surface area (Å²) in [6, 6.07) is 11.2. The number of primary amides is 1. The number of benzene rings is 1. The van der Waals surface area contributed by atoms with Gasteiger partial charge in [-0.3, -0.25) is 4.79 Å². The van der Waals surface area contributed by atoms with Crippen LogP contribution in [0.5, 0.6) is 11.5 Å².